The number of hydrogen-bond donors (Lipinski definition) is 1. The lowest BCUT2D eigenvalue weighted by molar-refractivity contribution is -0.123. The van der Waals surface area contributed by atoms with Gasteiger partial charge in [-0.15, -0.1) is 0 Å². The van der Waals surface area contributed by atoms with E-state index in [1.54, 1.807) is 18.2 Å². The summed E-state index contributed by atoms with van der Waals surface area (Å²) < 4.78 is 27.3. The number of sulfone groups is 1. The summed E-state index contributed by atoms with van der Waals surface area (Å²) in [6, 6.07) is 12.2. The highest BCUT2D eigenvalue weighted by atomic mass is 35.5. The van der Waals surface area contributed by atoms with Gasteiger partial charge < -0.3 is 5.11 Å². The molecule has 6 heteroatoms. The molecule has 3 aliphatic rings. The third kappa shape index (κ3) is 4.97. The normalized spacial score (nSPS) is 28.9. The summed E-state index contributed by atoms with van der Waals surface area (Å²) in [4.78, 5) is 13.5. The molecule has 0 radical (unpaired) electrons. The minimum atomic E-state index is -3.70. The Morgan fingerprint density at radius 2 is 1.83 bits per heavy atom. The molecule has 2 aromatic carbocycles. The van der Waals surface area contributed by atoms with E-state index in [1.807, 2.05) is 18.2 Å². The molecule has 0 aromatic heterocycles. The molecule has 0 aliphatic heterocycles. The summed E-state index contributed by atoms with van der Waals surface area (Å²) in [6.45, 7) is 2.03. The van der Waals surface area contributed by atoms with E-state index in [9.17, 15) is 18.3 Å². The van der Waals surface area contributed by atoms with E-state index in [4.69, 9.17) is 11.6 Å². The summed E-state index contributed by atoms with van der Waals surface area (Å²) in [7, 11) is -3.70. The monoisotopic (exact) mass is 514 g/mol. The van der Waals surface area contributed by atoms with Crippen LogP contribution in [0.1, 0.15) is 67.4 Å². The second kappa shape index (κ2) is 9.99. The fraction of sp³-hybridized carbons (Fsp3) is 0.552. The Labute approximate surface area is 214 Å². The first kappa shape index (κ1) is 25.0. The van der Waals surface area contributed by atoms with Gasteiger partial charge in [-0.3, -0.25) is 4.79 Å². The molecule has 188 valence electrons. The highest BCUT2D eigenvalue weighted by Crippen LogP contribution is 2.49. The van der Waals surface area contributed by atoms with Crippen molar-refractivity contribution in [3.63, 3.8) is 0 Å². The fourth-order valence-electron chi connectivity index (χ4n) is 6.95. The van der Waals surface area contributed by atoms with Gasteiger partial charge in [0.25, 0.3) is 0 Å². The molecule has 0 bridgehead atoms. The van der Waals surface area contributed by atoms with Crippen LogP contribution in [0.15, 0.2) is 47.4 Å². The summed E-state index contributed by atoms with van der Waals surface area (Å²) >= 11 is 6.10. The minimum absolute atomic E-state index is 0.0430. The van der Waals surface area contributed by atoms with Crippen LogP contribution in [0.5, 0.6) is 0 Å². The summed E-state index contributed by atoms with van der Waals surface area (Å²) in [6.07, 6.45) is 7.70. The van der Waals surface area contributed by atoms with Crippen molar-refractivity contribution in [1.29, 1.82) is 0 Å². The number of benzene rings is 2. The predicted molar refractivity (Wildman–Crippen MR) is 138 cm³/mol. The van der Waals surface area contributed by atoms with Gasteiger partial charge in [0.1, 0.15) is 5.78 Å². The standard InChI is InChI=1S/C29H35ClO4S/c1-18(24-14-21-4-2-5-22(21)15-24)28(32)12-19-8-9-23-10-20(17-31)13-29(27(23)11-19)35(33,34)26-7-3-6-25(30)16-26/h3,6-9,11,16,18,20-22,24,29,31H,2,4-5,10,12-15,17H2,1H3/t18-,20+,21-,22+,24?,29?/m0/s1. The molecule has 0 saturated heterocycles. The van der Waals surface area contributed by atoms with Crippen LogP contribution in [0.2, 0.25) is 5.02 Å². The Balaban J connectivity index is 1.39. The van der Waals surface area contributed by atoms with Crippen LogP contribution in [-0.4, -0.2) is 25.9 Å². The van der Waals surface area contributed by atoms with E-state index < -0.39 is 15.1 Å². The molecule has 5 rings (SSSR count). The molecule has 0 spiro atoms. The maximum atomic E-state index is 13.7. The second-order valence-corrected chi connectivity index (χ2v) is 13.7. The van der Waals surface area contributed by atoms with E-state index in [2.05, 4.69) is 6.92 Å². The number of Topliss-reactive ketones (excluding diaryl/α,β-unsaturated/α-hetero) is 1. The van der Waals surface area contributed by atoms with E-state index >= 15 is 0 Å². The van der Waals surface area contributed by atoms with Gasteiger partial charge in [-0.2, -0.15) is 0 Å². The Morgan fingerprint density at radius 1 is 1.09 bits per heavy atom. The van der Waals surface area contributed by atoms with Gasteiger partial charge in [0, 0.05) is 24.0 Å². The van der Waals surface area contributed by atoms with Crippen LogP contribution in [0.25, 0.3) is 0 Å². The molecule has 4 nitrogen and oxygen atoms in total. The van der Waals surface area contributed by atoms with Crippen molar-refractivity contribution in [1.82, 2.24) is 0 Å². The van der Waals surface area contributed by atoms with E-state index in [-0.39, 0.29) is 29.1 Å². The number of carbonyl (C=O) groups excluding carboxylic acids is 1. The Morgan fingerprint density at radius 3 is 2.51 bits per heavy atom. The number of halogens is 1. The summed E-state index contributed by atoms with van der Waals surface area (Å²) in [5.41, 5.74) is 2.59. The first-order valence-electron chi connectivity index (χ1n) is 13.0. The molecule has 6 atom stereocenters. The highest BCUT2D eigenvalue weighted by molar-refractivity contribution is 7.91. The average Bonchev–Trinajstić information content (AvgIpc) is 3.45. The van der Waals surface area contributed by atoms with E-state index in [0.717, 1.165) is 28.5 Å². The van der Waals surface area contributed by atoms with Gasteiger partial charge in [-0.25, -0.2) is 8.42 Å². The van der Waals surface area contributed by atoms with Gasteiger partial charge in [-0.05, 0) is 84.2 Å². The average molecular weight is 515 g/mol. The molecule has 3 aliphatic carbocycles. The zero-order valence-electron chi connectivity index (χ0n) is 20.3. The smallest absolute Gasteiger partial charge is 0.185 e. The first-order chi connectivity index (χ1) is 16.8. The topological polar surface area (TPSA) is 71.4 Å². The number of aliphatic hydroxyl groups excluding tert-OH is 1. The fourth-order valence-corrected chi connectivity index (χ4v) is 9.17. The lowest BCUT2D eigenvalue weighted by Gasteiger charge is -2.31. The van der Waals surface area contributed by atoms with E-state index in [1.165, 1.54) is 38.2 Å². The van der Waals surface area contributed by atoms with Crippen LogP contribution in [-0.2, 0) is 27.5 Å². The molecule has 0 amide bonds. The summed E-state index contributed by atoms with van der Waals surface area (Å²) in [5, 5.41) is 9.47. The molecule has 2 fully saturated rings. The van der Waals surface area contributed by atoms with Gasteiger partial charge >= 0.3 is 0 Å². The van der Waals surface area contributed by atoms with Crippen molar-refractivity contribution < 1.29 is 18.3 Å². The van der Waals surface area contributed by atoms with Gasteiger partial charge in [0.15, 0.2) is 9.84 Å². The molecule has 35 heavy (non-hydrogen) atoms. The molecule has 2 unspecified atom stereocenters. The molecular formula is C29H35ClO4S. The lowest BCUT2D eigenvalue weighted by Crippen LogP contribution is -2.27. The number of rotatable bonds is 7. The maximum absolute atomic E-state index is 13.7. The van der Waals surface area contributed by atoms with Gasteiger partial charge in [0.2, 0.25) is 0 Å². The Hall–Kier alpha value is -1.69. The lowest BCUT2D eigenvalue weighted by atomic mass is 9.81. The zero-order valence-corrected chi connectivity index (χ0v) is 21.9. The number of ketones is 1. The molecule has 1 N–H and O–H groups in total. The Bertz CT molecular complexity index is 1190. The first-order valence-corrected chi connectivity index (χ1v) is 14.9. The van der Waals surface area contributed by atoms with E-state index in [0.29, 0.717) is 30.2 Å². The molecular weight excluding hydrogens is 480 g/mol. The van der Waals surface area contributed by atoms with Crippen LogP contribution >= 0.6 is 11.6 Å². The quantitative estimate of drug-likeness (QED) is 0.493. The number of aliphatic hydroxyl groups is 1. The van der Waals surface area contributed by atoms with Crippen LogP contribution in [0.4, 0.5) is 0 Å². The number of carbonyl (C=O) groups is 1. The van der Waals surface area contributed by atoms with Crippen LogP contribution in [0, 0.1) is 29.6 Å². The van der Waals surface area contributed by atoms with Crippen molar-refractivity contribution in [2.45, 2.75) is 68.4 Å². The number of fused-ring (bicyclic) bond motifs is 2. The second-order valence-electron chi connectivity index (χ2n) is 11.1. The largest absolute Gasteiger partial charge is 0.396 e. The SMILES string of the molecule is C[C@H](C(=O)Cc1ccc2c(c1)C(S(=O)(=O)c1cccc(Cl)c1)C[C@H](CO)C2)C1C[C@H]2CCC[C@H]2C1. The zero-order chi connectivity index (χ0) is 24.7. The predicted octanol–water partition coefficient (Wildman–Crippen LogP) is 5.98. The Kier molecular flexibility index (Phi) is 7.13. The van der Waals surface area contributed by atoms with Crippen molar-refractivity contribution in [2.75, 3.05) is 6.61 Å². The van der Waals surface area contributed by atoms with Crippen molar-refractivity contribution in [3.8, 4) is 0 Å². The third-order valence-electron chi connectivity index (χ3n) is 8.99. The minimum Gasteiger partial charge on any atom is -0.396 e. The third-order valence-corrected chi connectivity index (χ3v) is 11.3. The van der Waals surface area contributed by atoms with Crippen molar-refractivity contribution in [3.05, 3.63) is 64.2 Å². The molecule has 2 aromatic rings. The van der Waals surface area contributed by atoms with Crippen molar-refractivity contribution >= 4 is 27.2 Å². The van der Waals surface area contributed by atoms with Crippen molar-refractivity contribution in [2.24, 2.45) is 29.6 Å². The number of hydrogen-bond acceptors (Lipinski definition) is 4. The van der Waals surface area contributed by atoms with Gasteiger partial charge in [0.05, 0.1) is 10.1 Å². The molecule has 0 heterocycles. The molecule has 2 saturated carbocycles. The van der Waals surface area contributed by atoms with Gasteiger partial charge in [-0.1, -0.05) is 62.1 Å². The maximum Gasteiger partial charge on any atom is 0.185 e. The van der Waals surface area contributed by atoms with Crippen LogP contribution in [0.3, 0.4) is 0 Å². The van der Waals surface area contributed by atoms with Crippen LogP contribution < -0.4 is 0 Å². The summed E-state index contributed by atoms with van der Waals surface area (Å²) in [5.74, 6) is 2.30. The highest BCUT2D eigenvalue weighted by Gasteiger charge is 2.41.